The number of aliphatic hydroxyl groups is 1. The molecule has 0 aromatic carbocycles. The quantitative estimate of drug-likeness (QED) is 0.840. The molecule has 0 saturated carbocycles. The van der Waals surface area contributed by atoms with Crippen molar-refractivity contribution in [2.24, 2.45) is 5.92 Å². The van der Waals surface area contributed by atoms with Gasteiger partial charge < -0.3 is 10.2 Å². The maximum atomic E-state index is 12.3. The van der Waals surface area contributed by atoms with Crippen LogP contribution in [0.3, 0.4) is 0 Å². The number of carboxylic acid groups (broad SMARTS) is 1. The van der Waals surface area contributed by atoms with Crippen molar-refractivity contribution in [3.05, 3.63) is 16.3 Å². The average molecular weight is 291 g/mol. The summed E-state index contributed by atoms with van der Waals surface area (Å²) in [5, 5.41) is 19.4. The van der Waals surface area contributed by atoms with Crippen LogP contribution >= 0.6 is 11.3 Å². The van der Waals surface area contributed by atoms with Gasteiger partial charge in [-0.15, -0.1) is 11.3 Å². The second-order valence-electron chi connectivity index (χ2n) is 4.12. The van der Waals surface area contributed by atoms with E-state index in [0.29, 0.717) is 13.0 Å². The van der Waals surface area contributed by atoms with Crippen molar-refractivity contribution >= 4 is 27.3 Å². The zero-order valence-electron chi connectivity index (χ0n) is 9.44. The predicted molar refractivity (Wildman–Crippen MR) is 65.2 cm³/mol. The van der Waals surface area contributed by atoms with Crippen molar-refractivity contribution in [3.63, 3.8) is 0 Å². The smallest absolute Gasteiger partial charge is 0.347 e. The minimum Gasteiger partial charge on any atom is -0.477 e. The summed E-state index contributed by atoms with van der Waals surface area (Å²) in [6, 6.07) is 1.32. The van der Waals surface area contributed by atoms with Gasteiger partial charge in [-0.3, -0.25) is 0 Å². The molecule has 2 rings (SSSR count). The number of thiophene rings is 1. The molecule has 1 saturated heterocycles. The van der Waals surface area contributed by atoms with E-state index in [2.05, 4.69) is 0 Å². The molecule has 2 heterocycles. The van der Waals surface area contributed by atoms with Gasteiger partial charge in [-0.2, -0.15) is 4.31 Å². The summed E-state index contributed by atoms with van der Waals surface area (Å²) in [5.74, 6) is -1.30. The summed E-state index contributed by atoms with van der Waals surface area (Å²) >= 11 is 0.895. The van der Waals surface area contributed by atoms with Crippen molar-refractivity contribution in [2.75, 3.05) is 19.7 Å². The van der Waals surface area contributed by atoms with E-state index in [4.69, 9.17) is 10.2 Å². The van der Waals surface area contributed by atoms with Crippen molar-refractivity contribution in [3.8, 4) is 0 Å². The van der Waals surface area contributed by atoms with Crippen LogP contribution in [0, 0.1) is 5.92 Å². The van der Waals surface area contributed by atoms with Crippen LogP contribution in [0.1, 0.15) is 16.1 Å². The molecule has 1 unspecified atom stereocenters. The first-order chi connectivity index (χ1) is 8.46. The zero-order chi connectivity index (χ0) is 13.3. The molecule has 0 aliphatic carbocycles. The molecule has 1 fully saturated rings. The van der Waals surface area contributed by atoms with Gasteiger partial charge in [0.25, 0.3) is 0 Å². The van der Waals surface area contributed by atoms with Crippen LogP contribution in [0.2, 0.25) is 0 Å². The monoisotopic (exact) mass is 291 g/mol. The van der Waals surface area contributed by atoms with Crippen LogP contribution in [0.4, 0.5) is 0 Å². The fourth-order valence-corrected chi connectivity index (χ4v) is 4.72. The van der Waals surface area contributed by atoms with Crippen molar-refractivity contribution in [2.45, 2.75) is 11.3 Å². The van der Waals surface area contributed by atoms with Gasteiger partial charge in [0.2, 0.25) is 10.0 Å². The van der Waals surface area contributed by atoms with E-state index in [1.165, 1.54) is 15.8 Å². The lowest BCUT2D eigenvalue weighted by atomic mass is 10.1. The number of carbonyl (C=O) groups is 1. The average Bonchev–Trinajstić information content (AvgIpc) is 2.98. The molecular formula is C10H13NO5S2. The highest BCUT2D eigenvalue weighted by Gasteiger charge is 2.35. The molecule has 8 heteroatoms. The topological polar surface area (TPSA) is 94.9 Å². The van der Waals surface area contributed by atoms with Gasteiger partial charge in [0.05, 0.1) is 0 Å². The maximum Gasteiger partial charge on any atom is 0.347 e. The van der Waals surface area contributed by atoms with Crippen molar-refractivity contribution < 1.29 is 23.4 Å². The van der Waals surface area contributed by atoms with Crippen LogP contribution < -0.4 is 0 Å². The van der Waals surface area contributed by atoms with E-state index in [0.717, 1.165) is 11.3 Å². The molecule has 100 valence electrons. The van der Waals surface area contributed by atoms with Gasteiger partial charge in [-0.1, -0.05) is 0 Å². The first-order valence-corrected chi connectivity index (χ1v) is 7.70. The Balaban J connectivity index is 2.32. The maximum absolute atomic E-state index is 12.3. The third-order valence-corrected chi connectivity index (χ3v) is 5.89. The van der Waals surface area contributed by atoms with Gasteiger partial charge in [0.1, 0.15) is 9.77 Å². The Morgan fingerprint density at radius 1 is 1.56 bits per heavy atom. The van der Waals surface area contributed by atoms with Gasteiger partial charge in [0.15, 0.2) is 0 Å². The fraction of sp³-hybridized carbons (Fsp3) is 0.500. The van der Waals surface area contributed by atoms with Crippen molar-refractivity contribution in [1.29, 1.82) is 0 Å². The van der Waals surface area contributed by atoms with Crippen LogP contribution in [-0.2, 0) is 10.0 Å². The SMILES string of the molecule is O=C(O)c1sccc1S(=O)(=O)N1CCC(CO)C1. The third kappa shape index (κ3) is 2.28. The van der Waals surface area contributed by atoms with Crippen LogP contribution in [0.25, 0.3) is 0 Å². The van der Waals surface area contributed by atoms with Crippen LogP contribution in [0.5, 0.6) is 0 Å². The number of aromatic carboxylic acids is 1. The van der Waals surface area contributed by atoms with E-state index in [-0.39, 0.29) is 28.8 Å². The van der Waals surface area contributed by atoms with E-state index in [1.54, 1.807) is 0 Å². The number of rotatable bonds is 4. The minimum absolute atomic E-state index is 0.0541. The summed E-state index contributed by atoms with van der Waals surface area (Å²) < 4.78 is 25.8. The van der Waals surface area contributed by atoms with Crippen LogP contribution in [0.15, 0.2) is 16.3 Å². The lowest BCUT2D eigenvalue weighted by molar-refractivity contribution is 0.0698. The molecule has 18 heavy (non-hydrogen) atoms. The Morgan fingerprint density at radius 3 is 2.83 bits per heavy atom. The second kappa shape index (κ2) is 4.96. The summed E-state index contributed by atoms with van der Waals surface area (Å²) in [5.41, 5.74) is 0. The third-order valence-electron chi connectivity index (χ3n) is 2.95. The first-order valence-electron chi connectivity index (χ1n) is 5.38. The molecule has 0 spiro atoms. The van der Waals surface area contributed by atoms with E-state index in [9.17, 15) is 13.2 Å². The standard InChI is InChI=1S/C10H13NO5S2/c12-6-7-1-3-11(5-7)18(15,16)8-2-4-17-9(8)10(13)14/h2,4,7,12H,1,3,5-6H2,(H,13,14). The summed E-state index contributed by atoms with van der Waals surface area (Å²) in [7, 11) is -3.76. The number of hydrogen-bond donors (Lipinski definition) is 2. The highest BCUT2D eigenvalue weighted by molar-refractivity contribution is 7.89. The summed E-state index contributed by atoms with van der Waals surface area (Å²) in [4.78, 5) is 10.6. The summed E-state index contributed by atoms with van der Waals surface area (Å²) in [6.07, 6.45) is 0.599. The molecule has 0 amide bonds. The molecule has 2 N–H and O–H groups in total. The molecule has 6 nitrogen and oxygen atoms in total. The number of hydrogen-bond acceptors (Lipinski definition) is 5. The molecule has 1 aliphatic heterocycles. The Bertz CT molecular complexity index is 550. The molecule has 1 aromatic rings. The highest BCUT2D eigenvalue weighted by atomic mass is 32.2. The molecule has 1 aliphatic rings. The predicted octanol–water partition coefficient (Wildman–Crippen LogP) is 0.449. The number of carboxylic acids is 1. The molecule has 1 atom stereocenters. The van der Waals surface area contributed by atoms with Gasteiger partial charge in [-0.25, -0.2) is 13.2 Å². The Hall–Kier alpha value is -0.960. The number of nitrogens with zero attached hydrogens (tertiary/aromatic N) is 1. The number of aliphatic hydroxyl groups excluding tert-OH is 1. The first kappa shape index (κ1) is 13.5. The lowest BCUT2D eigenvalue weighted by Crippen LogP contribution is -2.30. The van der Waals surface area contributed by atoms with Gasteiger partial charge in [-0.05, 0) is 23.8 Å². The fourth-order valence-electron chi connectivity index (χ4n) is 1.96. The largest absolute Gasteiger partial charge is 0.477 e. The molecular weight excluding hydrogens is 278 g/mol. The highest BCUT2D eigenvalue weighted by Crippen LogP contribution is 2.28. The minimum atomic E-state index is -3.76. The normalized spacial score (nSPS) is 21.3. The van der Waals surface area contributed by atoms with E-state index < -0.39 is 16.0 Å². The van der Waals surface area contributed by atoms with E-state index >= 15 is 0 Å². The van der Waals surface area contributed by atoms with E-state index in [1.807, 2.05) is 0 Å². The Kier molecular flexibility index (Phi) is 3.71. The van der Waals surface area contributed by atoms with Gasteiger partial charge >= 0.3 is 5.97 Å². The number of sulfonamides is 1. The molecule has 0 bridgehead atoms. The molecule has 0 radical (unpaired) electrons. The van der Waals surface area contributed by atoms with Crippen molar-refractivity contribution in [1.82, 2.24) is 4.31 Å². The summed E-state index contributed by atoms with van der Waals surface area (Å²) in [6.45, 7) is 0.512. The molecule has 1 aromatic heterocycles. The second-order valence-corrected chi connectivity index (χ2v) is 6.94. The lowest BCUT2D eigenvalue weighted by Gasteiger charge is -2.15. The zero-order valence-corrected chi connectivity index (χ0v) is 11.1. The Morgan fingerprint density at radius 2 is 2.28 bits per heavy atom. The Labute approximate surface area is 109 Å². The van der Waals surface area contributed by atoms with Crippen LogP contribution in [-0.4, -0.2) is 48.6 Å². The van der Waals surface area contributed by atoms with Gasteiger partial charge in [0, 0.05) is 19.7 Å².